The van der Waals surface area contributed by atoms with Gasteiger partial charge in [-0.1, -0.05) is 30.3 Å². The van der Waals surface area contributed by atoms with E-state index in [1.165, 1.54) is 0 Å². The molecule has 1 aromatic rings. The van der Waals surface area contributed by atoms with Gasteiger partial charge in [-0.2, -0.15) is 0 Å². The van der Waals surface area contributed by atoms with Gasteiger partial charge in [0.05, 0.1) is 26.2 Å². The maximum absolute atomic E-state index is 12.4. The van der Waals surface area contributed by atoms with Crippen molar-refractivity contribution < 1.29 is 33.9 Å². The summed E-state index contributed by atoms with van der Waals surface area (Å²) < 4.78 is 0. The third-order valence-corrected chi connectivity index (χ3v) is 5.01. The molecule has 16 nitrogen and oxygen atoms in total. The van der Waals surface area contributed by atoms with Crippen LogP contribution in [0.2, 0.25) is 0 Å². The Morgan fingerprint density at radius 1 is 0.795 bits per heavy atom. The largest absolute Gasteiger partial charge is 0.480 e. The van der Waals surface area contributed by atoms with Gasteiger partial charge in [-0.3, -0.25) is 29.0 Å². The van der Waals surface area contributed by atoms with Crippen molar-refractivity contribution in [2.45, 2.75) is 31.3 Å². The van der Waals surface area contributed by atoms with Crippen molar-refractivity contribution in [1.82, 2.24) is 26.6 Å². The fraction of sp³-hybridized carbons (Fsp3) is 0.435. The Bertz CT molecular complexity index is 1030. The minimum absolute atomic E-state index is 0.0602. The molecule has 16 heteroatoms. The number of carbonyl (C=O) groups excluding carboxylic acids is 5. The fourth-order valence-corrected chi connectivity index (χ4v) is 3.09. The van der Waals surface area contributed by atoms with E-state index in [0.29, 0.717) is 12.0 Å². The molecular weight excluding hydrogens is 514 g/mol. The highest BCUT2D eigenvalue weighted by Gasteiger charge is 2.22. The molecule has 2 atom stereocenters. The number of carbonyl (C=O) groups is 6. The van der Waals surface area contributed by atoms with E-state index in [4.69, 9.17) is 17.2 Å². The molecule has 0 spiro atoms. The molecule has 12 N–H and O–H groups in total. The number of carboxylic acids is 1. The number of aliphatic carboxylic acids is 1. The molecule has 5 amide bonds. The lowest BCUT2D eigenvalue weighted by molar-refractivity contribution is -0.141. The summed E-state index contributed by atoms with van der Waals surface area (Å²) in [4.78, 5) is 75.3. The van der Waals surface area contributed by atoms with Gasteiger partial charge in [0.15, 0.2) is 5.96 Å². The van der Waals surface area contributed by atoms with Crippen molar-refractivity contribution in [2.24, 2.45) is 22.2 Å². The van der Waals surface area contributed by atoms with Crippen molar-refractivity contribution in [3.05, 3.63) is 35.9 Å². The average molecular weight is 550 g/mol. The Kier molecular flexibility index (Phi) is 14.6. The second kappa shape index (κ2) is 17.7. The van der Waals surface area contributed by atoms with Crippen LogP contribution in [0.4, 0.5) is 0 Å². The van der Waals surface area contributed by atoms with Crippen LogP contribution in [0.1, 0.15) is 18.4 Å². The van der Waals surface area contributed by atoms with Crippen LogP contribution >= 0.6 is 0 Å². The molecule has 1 aromatic carbocycles. The standard InChI is InChI=1S/C23H35N9O7/c24-10-17(33)31-15(7-4-8-27-23(25)26)21(37)30-12-19(35)28-11-18(34)29-13-20(36)32-16(22(38)39)9-14-5-2-1-3-6-14/h1-3,5-6,15-16H,4,7-13,24H2,(H,28,35)(H,29,34)(H,30,37)(H,31,33)(H,32,36)(H,38,39)(H4,25,26,27)/t15-,16-/m0/s1. The van der Waals surface area contributed by atoms with Gasteiger partial charge in [0.1, 0.15) is 12.1 Å². The normalized spacial score (nSPS) is 11.7. The lowest BCUT2D eigenvalue weighted by atomic mass is 10.1. The molecule has 0 aromatic heterocycles. The maximum atomic E-state index is 12.4. The van der Waals surface area contributed by atoms with Crippen molar-refractivity contribution in [1.29, 1.82) is 0 Å². The van der Waals surface area contributed by atoms with E-state index in [1.54, 1.807) is 30.3 Å². The Labute approximate surface area is 224 Å². The summed E-state index contributed by atoms with van der Waals surface area (Å²) >= 11 is 0. The van der Waals surface area contributed by atoms with Gasteiger partial charge in [-0.05, 0) is 18.4 Å². The number of nitrogens with zero attached hydrogens (tertiary/aromatic N) is 1. The first-order valence-corrected chi connectivity index (χ1v) is 11.9. The summed E-state index contributed by atoms with van der Waals surface area (Å²) in [6.45, 7) is -1.61. The molecule has 0 fully saturated rings. The number of hydrogen-bond donors (Lipinski definition) is 9. The van der Waals surface area contributed by atoms with Crippen LogP contribution in [0.25, 0.3) is 0 Å². The summed E-state index contributed by atoms with van der Waals surface area (Å²) in [7, 11) is 0. The predicted molar refractivity (Wildman–Crippen MR) is 140 cm³/mol. The number of guanidine groups is 1. The second-order valence-electron chi connectivity index (χ2n) is 8.19. The Hall–Kier alpha value is -4.73. The SMILES string of the molecule is NCC(=O)N[C@@H](CCCN=C(N)N)C(=O)NCC(=O)NCC(=O)NCC(=O)N[C@@H](Cc1ccccc1)C(=O)O. The first-order chi connectivity index (χ1) is 18.5. The molecule has 0 saturated heterocycles. The molecule has 0 saturated carbocycles. The van der Waals surface area contributed by atoms with E-state index in [1.807, 2.05) is 0 Å². The Morgan fingerprint density at radius 2 is 1.36 bits per heavy atom. The van der Waals surface area contributed by atoms with E-state index in [2.05, 4.69) is 31.6 Å². The molecule has 1 rings (SSSR count). The Morgan fingerprint density at radius 3 is 1.92 bits per heavy atom. The molecule has 0 aliphatic rings. The first kappa shape index (κ1) is 32.3. The van der Waals surface area contributed by atoms with Crippen molar-refractivity contribution in [3.63, 3.8) is 0 Å². The van der Waals surface area contributed by atoms with Crippen LogP contribution in [0.5, 0.6) is 0 Å². The van der Waals surface area contributed by atoms with Gasteiger partial charge in [-0.25, -0.2) is 4.79 Å². The van der Waals surface area contributed by atoms with Gasteiger partial charge < -0.3 is 48.9 Å². The van der Waals surface area contributed by atoms with Crippen LogP contribution in [0, 0.1) is 0 Å². The lowest BCUT2D eigenvalue weighted by Gasteiger charge is -2.17. The summed E-state index contributed by atoms with van der Waals surface area (Å²) in [6.07, 6.45) is 0.597. The van der Waals surface area contributed by atoms with Crippen LogP contribution in [0.3, 0.4) is 0 Å². The average Bonchev–Trinajstić information content (AvgIpc) is 2.90. The zero-order valence-corrected chi connectivity index (χ0v) is 21.3. The monoisotopic (exact) mass is 549 g/mol. The number of aliphatic imine (C=N–C) groups is 1. The number of rotatable bonds is 17. The summed E-state index contributed by atoms with van der Waals surface area (Å²) in [5.41, 5.74) is 16.5. The van der Waals surface area contributed by atoms with E-state index in [-0.39, 0.29) is 31.9 Å². The molecule has 214 valence electrons. The van der Waals surface area contributed by atoms with Crippen LogP contribution in [-0.2, 0) is 35.2 Å². The van der Waals surface area contributed by atoms with E-state index in [9.17, 15) is 33.9 Å². The van der Waals surface area contributed by atoms with E-state index in [0.717, 1.165) is 0 Å². The van der Waals surface area contributed by atoms with Gasteiger partial charge in [0, 0.05) is 13.0 Å². The number of nitrogens with two attached hydrogens (primary N) is 3. The molecule has 0 radical (unpaired) electrons. The highest BCUT2D eigenvalue weighted by Crippen LogP contribution is 2.03. The van der Waals surface area contributed by atoms with Gasteiger partial charge in [0.2, 0.25) is 29.5 Å². The first-order valence-electron chi connectivity index (χ1n) is 11.9. The third-order valence-electron chi connectivity index (χ3n) is 5.01. The van der Waals surface area contributed by atoms with Crippen LogP contribution in [-0.4, -0.2) is 91.4 Å². The molecule has 0 bridgehead atoms. The second-order valence-corrected chi connectivity index (χ2v) is 8.19. The number of nitrogens with one attached hydrogen (secondary N) is 5. The lowest BCUT2D eigenvalue weighted by Crippen LogP contribution is -2.51. The minimum Gasteiger partial charge on any atom is -0.480 e. The zero-order chi connectivity index (χ0) is 29.2. The van der Waals surface area contributed by atoms with Crippen LogP contribution in [0.15, 0.2) is 35.3 Å². The van der Waals surface area contributed by atoms with E-state index >= 15 is 0 Å². The van der Waals surface area contributed by atoms with Crippen LogP contribution < -0.4 is 43.8 Å². The summed E-state index contributed by atoms with van der Waals surface area (Å²) in [5, 5.41) is 21.0. The number of carboxylic acid groups (broad SMARTS) is 1. The quantitative estimate of drug-likeness (QED) is 0.0511. The topological polar surface area (TPSA) is 273 Å². The third kappa shape index (κ3) is 14.6. The van der Waals surface area contributed by atoms with Crippen molar-refractivity contribution in [3.8, 4) is 0 Å². The number of amides is 5. The molecular formula is C23H35N9O7. The van der Waals surface area contributed by atoms with Gasteiger partial charge in [-0.15, -0.1) is 0 Å². The summed E-state index contributed by atoms with van der Waals surface area (Å²) in [5.74, 6) is -4.72. The number of hydrogen-bond acceptors (Lipinski definition) is 8. The smallest absolute Gasteiger partial charge is 0.326 e. The van der Waals surface area contributed by atoms with Crippen molar-refractivity contribution >= 4 is 41.5 Å². The van der Waals surface area contributed by atoms with Gasteiger partial charge in [0.25, 0.3) is 0 Å². The molecule has 0 heterocycles. The van der Waals surface area contributed by atoms with E-state index < -0.39 is 67.2 Å². The molecule has 0 unspecified atom stereocenters. The summed E-state index contributed by atoms with van der Waals surface area (Å²) in [6, 6.07) is 6.53. The molecule has 39 heavy (non-hydrogen) atoms. The fourth-order valence-electron chi connectivity index (χ4n) is 3.09. The zero-order valence-electron chi connectivity index (χ0n) is 21.3. The minimum atomic E-state index is -1.23. The maximum Gasteiger partial charge on any atom is 0.326 e. The number of benzene rings is 1. The van der Waals surface area contributed by atoms with Crippen molar-refractivity contribution in [2.75, 3.05) is 32.7 Å². The highest BCUT2D eigenvalue weighted by molar-refractivity contribution is 5.92. The molecule has 0 aliphatic heterocycles. The highest BCUT2D eigenvalue weighted by atomic mass is 16.4. The Balaban J connectivity index is 2.41. The predicted octanol–water partition coefficient (Wildman–Crippen LogP) is -4.36. The van der Waals surface area contributed by atoms with Gasteiger partial charge >= 0.3 is 5.97 Å². The molecule has 0 aliphatic carbocycles.